The lowest BCUT2D eigenvalue weighted by Gasteiger charge is -2.44. The molecule has 1 saturated heterocycles. The van der Waals surface area contributed by atoms with Crippen molar-refractivity contribution < 1.29 is 14.3 Å². The molecule has 1 aliphatic heterocycles. The van der Waals surface area contributed by atoms with E-state index in [9.17, 15) is 4.79 Å². The number of nitrogens with one attached hydrogen (secondary N) is 1. The lowest BCUT2D eigenvalue weighted by molar-refractivity contribution is -0.149. The Bertz CT molecular complexity index is 310. The molecule has 1 aliphatic rings. The smallest absolute Gasteiger partial charge is 0.237 e. The normalized spacial score (nSPS) is 24.4. The van der Waals surface area contributed by atoms with Crippen molar-refractivity contribution in [3.05, 3.63) is 0 Å². The van der Waals surface area contributed by atoms with Crippen molar-refractivity contribution >= 4 is 5.91 Å². The lowest BCUT2D eigenvalue weighted by atomic mass is 10.0. The van der Waals surface area contributed by atoms with Crippen LogP contribution in [0.4, 0.5) is 0 Å². The van der Waals surface area contributed by atoms with Gasteiger partial charge in [0.05, 0.1) is 17.7 Å². The molecule has 0 radical (unpaired) electrons. The lowest BCUT2D eigenvalue weighted by Crippen LogP contribution is -2.59. The number of methoxy groups -OCH3 is 1. The number of nitrogens with two attached hydrogens (primary N) is 1. The van der Waals surface area contributed by atoms with E-state index in [1.54, 1.807) is 7.11 Å². The molecule has 20 heavy (non-hydrogen) atoms. The molecule has 0 aliphatic carbocycles. The van der Waals surface area contributed by atoms with Gasteiger partial charge in [-0.3, -0.25) is 9.69 Å². The molecule has 0 aromatic carbocycles. The summed E-state index contributed by atoms with van der Waals surface area (Å²) in [6, 6.07) is -0.172. The monoisotopic (exact) mass is 287 g/mol. The van der Waals surface area contributed by atoms with Crippen LogP contribution in [0.25, 0.3) is 0 Å². The molecular formula is C14H29N3O3. The van der Waals surface area contributed by atoms with Crippen LogP contribution in [0.2, 0.25) is 0 Å². The zero-order valence-corrected chi connectivity index (χ0v) is 13.1. The largest absolute Gasteiger partial charge is 0.385 e. The second kappa shape index (κ2) is 7.93. The van der Waals surface area contributed by atoms with E-state index in [2.05, 4.69) is 10.2 Å². The highest BCUT2D eigenvalue weighted by molar-refractivity contribution is 5.81. The first kappa shape index (κ1) is 17.4. The van der Waals surface area contributed by atoms with Gasteiger partial charge in [0.25, 0.3) is 0 Å². The van der Waals surface area contributed by atoms with Gasteiger partial charge >= 0.3 is 0 Å². The number of carbonyl (C=O) groups excluding carboxylic acids is 1. The zero-order valence-electron chi connectivity index (χ0n) is 13.1. The predicted octanol–water partition coefficient (Wildman–Crippen LogP) is -0.0343. The summed E-state index contributed by atoms with van der Waals surface area (Å²) in [7, 11) is 1.66. The van der Waals surface area contributed by atoms with E-state index < -0.39 is 0 Å². The standard InChI is InChI=1S/C14H29N3O3/c1-11(13(18)16-6-5-7-19-4)17-9-12(8-15)20-14(2,3)10-17/h11-12H,5-10,15H2,1-4H3,(H,16,18). The van der Waals surface area contributed by atoms with Crippen LogP contribution in [-0.2, 0) is 14.3 Å². The fourth-order valence-corrected chi connectivity index (χ4v) is 2.50. The molecule has 6 nitrogen and oxygen atoms in total. The summed E-state index contributed by atoms with van der Waals surface area (Å²) in [6.45, 7) is 9.21. The number of morpholine rings is 1. The molecule has 1 rings (SSSR count). The number of hydrogen-bond acceptors (Lipinski definition) is 5. The number of ether oxygens (including phenoxy) is 2. The van der Waals surface area contributed by atoms with Crippen LogP contribution in [-0.4, -0.2) is 68.4 Å². The van der Waals surface area contributed by atoms with Gasteiger partial charge in [-0.15, -0.1) is 0 Å². The molecule has 0 spiro atoms. The van der Waals surface area contributed by atoms with E-state index in [1.807, 2.05) is 20.8 Å². The van der Waals surface area contributed by atoms with Crippen molar-refractivity contribution in [1.82, 2.24) is 10.2 Å². The van der Waals surface area contributed by atoms with Crippen LogP contribution < -0.4 is 11.1 Å². The Balaban J connectivity index is 2.48. The van der Waals surface area contributed by atoms with Crippen LogP contribution in [0.5, 0.6) is 0 Å². The molecule has 1 amide bonds. The van der Waals surface area contributed by atoms with Gasteiger partial charge in [0.15, 0.2) is 0 Å². The first-order valence-corrected chi connectivity index (χ1v) is 7.28. The minimum Gasteiger partial charge on any atom is -0.385 e. The minimum absolute atomic E-state index is 0.0116. The summed E-state index contributed by atoms with van der Waals surface area (Å²) in [4.78, 5) is 14.3. The van der Waals surface area contributed by atoms with Crippen molar-refractivity contribution in [3.63, 3.8) is 0 Å². The Morgan fingerprint density at radius 3 is 2.90 bits per heavy atom. The van der Waals surface area contributed by atoms with Crippen molar-refractivity contribution in [2.75, 3.05) is 39.9 Å². The molecule has 2 atom stereocenters. The molecule has 2 unspecified atom stereocenters. The van der Waals surface area contributed by atoms with E-state index in [0.717, 1.165) is 13.0 Å². The quantitative estimate of drug-likeness (QED) is 0.643. The van der Waals surface area contributed by atoms with E-state index >= 15 is 0 Å². The van der Waals surface area contributed by atoms with Gasteiger partial charge in [0.1, 0.15) is 0 Å². The van der Waals surface area contributed by atoms with Crippen molar-refractivity contribution in [2.45, 2.75) is 44.9 Å². The SMILES string of the molecule is COCCCNC(=O)C(C)N1CC(CN)OC(C)(C)C1. The van der Waals surface area contributed by atoms with E-state index in [1.165, 1.54) is 0 Å². The van der Waals surface area contributed by atoms with E-state index in [0.29, 0.717) is 26.2 Å². The van der Waals surface area contributed by atoms with Crippen LogP contribution in [0, 0.1) is 0 Å². The zero-order chi connectivity index (χ0) is 15.2. The number of rotatable bonds is 7. The summed E-state index contributed by atoms with van der Waals surface area (Å²) in [5.74, 6) is 0.0505. The molecule has 1 fully saturated rings. The van der Waals surface area contributed by atoms with E-state index in [-0.39, 0.29) is 23.7 Å². The first-order chi connectivity index (χ1) is 9.39. The van der Waals surface area contributed by atoms with Crippen molar-refractivity contribution in [2.24, 2.45) is 5.73 Å². The molecule has 0 bridgehead atoms. The summed E-state index contributed by atoms with van der Waals surface area (Å²) < 4.78 is 10.8. The highest BCUT2D eigenvalue weighted by atomic mass is 16.5. The van der Waals surface area contributed by atoms with Crippen LogP contribution in [0.1, 0.15) is 27.2 Å². The van der Waals surface area contributed by atoms with Crippen molar-refractivity contribution in [1.29, 1.82) is 0 Å². The van der Waals surface area contributed by atoms with Gasteiger partial charge in [-0.1, -0.05) is 0 Å². The molecule has 6 heteroatoms. The average Bonchev–Trinajstić information content (AvgIpc) is 2.40. The highest BCUT2D eigenvalue weighted by Gasteiger charge is 2.36. The molecule has 0 saturated carbocycles. The molecular weight excluding hydrogens is 258 g/mol. The van der Waals surface area contributed by atoms with Gasteiger partial charge < -0.3 is 20.5 Å². The maximum absolute atomic E-state index is 12.1. The fourth-order valence-electron chi connectivity index (χ4n) is 2.50. The van der Waals surface area contributed by atoms with Gasteiger partial charge in [-0.2, -0.15) is 0 Å². The molecule has 0 aromatic rings. The first-order valence-electron chi connectivity index (χ1n) is 7.28. The third-order valence-electron chi connectivity index (χ3n) is 3.52. The fraction of sp³-hybridized carbons (Fsp3) is 0.929. The minimum atomic E-state index is -0.271. The summed E-state index contributed by atoms with van der Waals surface area (Å²) >= 11 is 0. The maximum atomic E-state index is 12.1. The van der Waals surface area contributed by atoms with Gasteiger partial charge in [-0.05, 0) is 27.2 Å². The molecule has 3 N–H and O–H groups in total. The summed E-state index contributed by atoms with van der Waals surface area (Å²) in [5.41, 5.74) is 5.44. The van der Waals surface area contributed by atoms with E-state index in [4.69, 9.17) is 15.2 Å². The summed E-state index contributed by atoms with van der Waals surface area (Å²) in [6.07, 6.45) is 0.817. The number of hydrogen-bond donors (Lipinski definition) is 2. The van der Waals surface area contributed by atoms with Gasteiger partial charge in [0.2, 0.25) is 5.91 Å². The van der Waals surface area contributed by atoms with Crippen LogP contribution in [0.3, 0.4) is 0 Å². The Morgan fingerprint density at radius 2 is 2.30 bits per heavy atom. The number of amides is 1. The Hall–Kier alpha value is -0.690. The third-order valence-corrected chi connectivity index (χ3v) is 3.52. The topological polar surface area (TPSA) is 76.8 Å². The van der Waals surface area contributed by atoms with Gasteiger partial charge in [-0.25, -0.2) is 0 Å². The average molecular weight is 287 g/mol. The van der Waals surface area contributed by atoms with Gasteiger partial charge in [0, 0.05) is 39.9 Å². The molecule has 0 aromatic heterocycles. The van der Waals surface area contributed by atoms with Crippen LogP contribution >= 0.6 is 0 Å². The Labute approximate surface area is 122 Å². The van der Waals surface area contributed by atoms with Crippen LogP contribution in [0.15, 0.2) is 0 Å². The maximum Gasteiger partial charge on any atom is 0.237 e. The Kier molecular flexibility index (Phi) is 6.88. The van der Waals surface area contributed by atoms with Crippen molar-refractivity contribution in [3.8, 4) is 0 Å². The predicted molar refractivity (Wildman–Crippen MR) is 78.5 cm³/mol. The third kappa shape index (κ3) is 5.36. The molecule has 118 valence electrons. The number of carbonyl (C=O) groups is 1. The second-order valence-corrected chi connectivity index (χ2v) is 5.98. The second-order valence-electron chi connectivity index (χ2n) is 5.98. The molecule has 1 heterocycles. The Morgan fingerprint density at radius 1 is 1.60 bits per heavy atom. The summed E-state index contributed by atoms with van der Waals surface area (Å²) in [5, 5.41) is 2.94. The number of nitrogens with zero attached hydrogens (tertiary/aromatic N) is 1. The highest BCUT2D eigenvalue weighted by Crippen LogP contribution is 2.22.